The van der Waals surface area contributed by atoms with Crippen molar-refractivity contribution in [3.63, 3.8) is 0 Å². The van der Waals surface area contributed by atoms with E-state index in [9.17, 15) is 9.90 Å². The number of nitrogens with one attached hydrogen (secondary N) is 1. The Morgan fingerprint density at radius 1 is 1.32 bits per heavy atom. The van der Waals surface area contributed by atoms with Crippen LogP contribution >= 0.6 is 0 Å². The number of ether oxygens (including phenoxy) is 1. The Morgan fingerprint density at radius 2 is 2.11 bits per heavy atom. The Morgan fingerprint density at radius 3 is 2.86 bits per heavy atom. The highest BCUT2D eigenvalue weighted by Gasteiger charge is 2.58. The molecule has 0 aromatic carbocycles. The van der Waals surface area contributed by atoms with Crippen LogP contribution in [0.2, 0.25) is 0 Å². The minimum atomic E-state index is -0.489. The molecule has 1 unspecified atom stereocenters. The van der Waals surface area contributed by atoms with Gasteiger partial charge in [-0.1, -0.05) is 6.92 Å². The number of carbonyl (C=O) groups is 1. The standard InChI is InChI=1S/C20H31N5O3/c1-3-25-17(21-10-22-25)9-24-7-14-15(8-24)19-13(6-16(28-19)18(14)26)20(27)23-12-4-11(2)5-12/h10-16,18-19,26H,3-9H2,1-2H3,(H,23,27)/t11?,12?,13?,14-,15+,16+,18+,19-/m1/s1. The lowest BCUT2D eigenvalue weighted by Crippen LogP contribution is -2.50. The Balaban J connectivity index is 1.27. The van der Waals surface area contributed by atoms with E-state index in [0.29, 0.717) is 18.4 Å². The molecule has 3 saturated heterocycles. The number of aliphatic hydroxyl groups excluding tert-OH is 1. The minimum absolute atomic E-state index is 0.0788. The van der Waals surface area contributed by atoms with Crippen LogP contribution in [0.1, 0.15) is 38.9 Å². The number of aromatic nitrogens is 3. The number of hydrogen-bond donors (Lipinski definition) is 2. The number of carbonyl (C=O) groups excluding carboxylic acids is 1. The van der Waals surface area contributed by atoms with E-state index in [2.05, 4.69) is 34.1 Å². The smallest absolute Gasteiger partial charge is 0.226 e. The molecular formula is C20H31N5O3. The number of aliphatic hydroxyl groups is 1. The van der Waals surface area contributed by atoms with Crippen LogP contribution in [0.15, 0.2) is 6.33 Å². The van der Waals surface area contributed by atoms with Crippen molar-refractivity contribution in [2.75, 3.05) is 13.1 Å². The SMILES string of the molecule is CCn1ncnc1CN1C[C@H]2[C@H](O)[C@@H]3CC(C(=O)NC4CC(C)C4)[C@@H](O3)[C@H]2C1. The van der Waals surface area contributed by atoms with E-state index in [1.165, 1.54) is 0 Å². The van der Waals surface area contributed by atoms with E-state index in [-0.39, 0.29) is 35.9 Å². The first-order valence-electron chi connectivity index (χ1n) is 10.8. The van der Waals surface area contributed by atoms with Gasteiger partial charge in [-0.3, -0.25) is 9.69 Å². The average molecular weight is 390 g/mol. The van der Waals surface area contributed by atoms with Crippen molar-refractivity contribution < 1.29 is 14.6 Å². The quantitative estimate of drug-likeness (QED) is 0.758. The zero-order valence-electron chi connectivity index (χ0n) is 16.7. The lowest BCUT2D eigenvalue weighted by molar-refractivity contribution is -0.141. The first-order valence-corrected chi connectivity index (χ1v) is 10.8. The summed E-state index contributed by atoms with van der Waals surface area (Å²) < 4.78 is 8.08. The molecule has 0 radical (unpaired) electrons. The lowest BCUT2D eigenvalue weighted by Gasteiger charge is -2.37. The highest BCUT2D eigenvalue weighted by atomic mass is 16.5. The number of amides is 1. The summed E-state index contributed by atoms with van der Waals surface area (Å²) in [6.45, 7) is 7.47. The van der Waals surface area contributed by atoms with Gasteiger partial charge in [0.1, 0.15) is 12.2 Å². The van der Waals surface area contributed by atoms with E-state index in [1.807, 2.05) is 4.68 Å². The van der Waals surface area contributed by atoms with Gasteiger partial charge in [-0.05, 0) is 32.1 Å². The van der Waals surface area contributed by atoms with Gasteiger partial charge in [0.05, 0.1) is 30.8 Å². The summed E-state index contributed by atoms with van der Waals surface area (Å²) in [7, 11) is 0. The first-order chi connectivity index (χ1) is 13.5. The third kappa shape index (κ3) is 3.06. The molecule has 2 N–H and O–H groups in total. The predicted molar refractivity (Wildman–Crippen MR) is 101 cm³/mol. The molecule has 1 aromatic rings. The van der Waals surface area contributed by atoms with Gasteiger partial charge < -0.3 is 15.2 Å². The van der Waals surface area contributed by atoms with E-state index in [0.717, 1.165) is 44.8 Å². The molecule has 8 nitrogen and oxygen atoms in total. The van der Waals surface area contributed by atoms with Crippen molar-refractivity contribution in [2.45, 2.75) is 70.6 Å². The highest BCUT2D eigenvalue weighted by molar-refractivity contribution is 5.80. The molecule has 28 heavy (non-hydrogen) atoms. The zero-order chi connectivity index (χ0) is 19.4. The Bertz CT molecular complexity index is 733. The molecule has 154 valence electrons. The number of likely N-dealkylation sites (tertiary alicyclic amines) is 1. The van der Waals surface area contributed by atoms with Crippen molar-refractivity contribution in [3.05, 3.63) is 12.2 Å². The topological polar surface area (TPSA) is 92.5 Å². The Hall–Kier alpha value is -1.51. The number of rotatable bonds is 5. The predicted octanol–water partition coefficient (Wildman–Crippen LogP) is 0.409. The van der Waals surface area contributed by atoms with Crippen molar-refractivity contribution in [3.8, 4) is 0 Å². The molecule has 4 aliphatic rings. The number of hydrogen-bond acceptors (Lipinski definition) is 6. The molecule has 5 rings (SSSR count). The molecule has 1 saturated carbocycles. The van der Waals surface area contributed by atoms with Gasteiger partial charge in [-0.25, -0.2) is 9.67 Å². The van der Waals surface area contributed by atoms with Crippen LogP contribution in [-0.2, 0) is 22.6 Å². The molecule has 3 aliphatic heterocycles. The Labute approximate surface area is 165 Å². The highest BCUT2D eigenvalue weighted by Crippen LogP contribution is 2.47. The fourth-order valence-electron chi connectivity index (χ4n) is 5.87. The summed E-state index contributed by atoms with van der Waals surface area (Å²) in [6.07, 6.45) is 3.63. The van der Waals surface area contributed by atoms with Crippen LogP contribution < -0.4 is 5.32 Å². The average Bonchev–Trinajstić information content (AvgIpc) is 3.36. The second-order valence-electron chi connectivity index (χ2n) is 9.27. The largest absolute Gasteiger partial charge is 0.390 e. The van der Waals surface area contributed by atoms with Gasteiger partial charge in [0.25, 0.3) is 0 Å². The molecule has 4 heterocycles. The fraction of sp³-hybridized carbons (Fsp3) is 0.850. The van der Waals surface area contributed by atoms with Crippen LogP contribution in [0.4, 0.5) is 0 Å². The van der Waals surface area contributed by atoms with Crippen LogP contribution in [0.3, 0.4) is 0 Å². The molecule has 0 spiro atoms. The number of fused-ring (bicyclic) bond motifs is 4. The van der Waals surface area contributed by atoms with E-state index >= 15 is 0 Å². The summed E-state index contributed by atoms with van der Waals surface area (Å²) in [4.78, 5) is 19.6. The molecule has 2 bridgehead atoms. The van der Waals surface area contributed by atoms with Crippen LogP contribution in [0, 0.1) is 23.7 Å². The van der Waals surface area contributed by atoms with Crippen molar-refractivity contribution >= 4 is 5.91 Å². The monoisotopic (exact) mass is 389 g/mol. The third-order valence-corrected chi connectivity index (χ3v) is 7.36. The maximum Gasteiger partial charge on any atom is 0.226 e. The van der Waals surface area contributed by atoms with E-state index < -0.39 is 6.10 Å². The second kappa shape index (κ2) is 7.07. The van der Waals surface area contributed by atoms with Crippen molar-refractivity contribution in [2.24, 2.45) is 23.7 Å². The minimum Gasteiger partial charge on any atom is -0.390 e. The van der Waals surface area contributed by atoms with Gasteiger partial charge in [-0.2, -0.15) is 5.10 Å². The summed E-state index contributed by atoms with van der Waals surface area (Å²) in [5.74, 6) is 2.02. The molecule has 6 atom stereocenters. The summed E-state index contributed by atoms with van der Waals surface area (Å²) in [5, 5.41) is 18.3. The van der Waals surface area contributed by atoms with Crippen molar-refractivity contribution in [1.82, 2.24) is 25.0 Å². The van der Waals surface area contributed by atoms with Gasteiger partial charge in [0.15, 0.2) is 0 Å². The second-order valence-corrected chi connectivity index (χ2v) is 9.27. The van der Waals surface area contributed by atoms with Gasteiger partial charge >= 0.3 is 0 Å². The van der Waals surface area contributed by atoms with E-state index in [4.69, 9.17) is 4.74 Å². The zero-order valence-corrected chi connectivity index (χ0v) is 16.7. The summed E-state index contributed by atoms with van der Waals surface area (Å²) in [5.41, 5.74) is 0. The Kier molecular flexibility index (Phi) is 4.68. The van der Waals surface area contributed by atoms with Crippen LogP contribution in [-0.4, -0.2) is 68.1 Å². The summed E-state index contributed by atoms with van der Waals surface area (Å²) in [6, 6.07) is 0.323. The molecular weight excluding hydrogens is 358 g/mol. The lowest BCUT2D eigenvalue weighted by atomic mass is 9.80. The first kappa shape index (κ1) is 18.5. The number of aryl methyl sites for hydroxylation is 1. The van der Waals surface area contributed by atoms with Crippen LogP contribution in [0.25, 0.3) is 0 Å². The molecule has 4 fully saturated rings. The molecule has 1 aliphatic carbocycles. The van der Waals surface area contributed by atoms with Crippen molar-refractivity contribution in [1.29, 1.82) is 0 Å². The van der Waals surface area contributed by atoms with Gasteiger partial charge in [0, 0.05) is 37.5 Å². The fourth-order valence-corrected chi connectivity index (χ4v) is 5.87. The number of nitrogens with zero attached hydrogens (tertiary/aromatic N) is 4. The maximum atomic E-state index is 12.9. The van der Waals surface area contributed by atoms with E-state index in [1.54, 1.807) is 6.33 Å². The molecule has 1 amide bonds. The third-order valence-electron chi connectivity index (χ3n) is 7.36. The summed E-state index contributed by atoms with van der Waals surface area (Å²) >= 11 is 0. The van der Waals surface area contributed by atoms with Crippen LogP contribution in [0.5, 0.6) is 0 Å². The molecule has 1 aromatic heterocycles. The maximum absolute atomic E-state index is 12.9. The van der Waals surface area contributed by atoms with Gasteiger partial charge in [-0.15, -0.1) is 0 Å². The normalized spacial score (nSPS) is 42.2. The van der Waals surface area contributed by atoms with Gasteiger partial charge in [0.2, 0.25) is 5.91 Å². The molecule has 8 heteroatoms.